The molecule has 24 nitrogen and oxygen atoms in total. The lowest BCUT2D eigenvalue weighted by atomic mass is 9.94. The summed E-state index contributed by atoms with van der Waals surface area (Å²) >= 11 is 0. The molecular weight excluding hydrogens is 778 g/mol. The summed E-state index contributed by atoms with van der Waals surface area (Å²) in [6.45, 7) is 3.77. The van der Waals surface area contributed by atoms with Crippen molar-refractivity contribution in [3.8, 4) is 0 Å². The van der Waals surface area contributed by atoms with Crippen molar-refractivity contribution in [3.05, 3.63) is 0 Å². The lowest BCUT2D eigenvalue weighted by molar-refractivity contribution is -0.402. The molecule has 0 radical (unpaired) electrons. The zero-order valence-corrected chi connectivity index (χ0v) is 31.7. The lowest BCUT2D eigenvalue weighted by Gasteiger charge is -2.51. The minimum absolute atomic E-state index is 0.597. The van der Waals surface area contributed by atoms with Gasteiger partial charge in [-0.1, -0.05) is 0 Å². The average Bonchev–Trinajstić information content (AvgIpc) is 3.17. The van der Waals surface area contributed by atoms with E-state index in [1.165, 1.54) is 34.8 Å². The summed E-state index contributed by atoms with van der Waals surface area (Å²) < 4.78 is 58.1. The number of hydrogen-bond donors (Lipinski definition) is 13. The molecule has 0 aromatic carbocycles. The van der Waals surface area contributed by atoms with E-state index in [0.29, 0.717) is 0 Å². The molecular formula is C33H57NO23. The average molecular weight is 836 g/mol. The zero-order chi connectivity index (χ0) is 42.2. The molecule has 1 amide bonds. The first-order chi connectivity index (χ1) is 26.8. The van der Waals surface area contributed by atoms with Gasteiger partial charge in [0, 0.05) is 14.0 Å². The maximum atomic E-state index is 12.2. The molecule has 5 aliphatic heterocycles. The number of hydrogen-bond acceptors (Lipinski definition) is 23. The summed E-state index contributed by atoms with van der Waals surface area (Å²) in [6.07, 6.45) is -39.2. The number of amides is 1. The highest BCUT2D eigenvalue weighted by molar-refractivity contribution is 5.73. The van der Waals surface area contributed by atoms with Gasteiger partial charge in [-0.2, -0.15) is 0 Å². The Hall–Kier alpha value is -1.41. The maximum Gasteiger partial charge on any atom is 0.217 e. The molecule has 5 heterocycles. The first kappa shape index (κ1) is 46.7. The number of carbonyl (C=O) groups is 1. The number of ether oxygens (including phenoxy) is 10. The summed E-state index contributed by atoms with van der Waals surface area (Å²) in [6, 6.07) is -1.26. The molecule has 5 rings (SSSR count). The van der Waals surface area contributed by atoms with Gasteiger partial charge in [-0.3, -0.25) is 4.79 Å². The summed E-state index contributed by atoms with van der Waals surface area (Å²) in [4.78, 5) is 12.2. The Labute approximate surface area is 326 Å². The second kappa shape index (κ2) is 19.5. The van der Waals surface area contributed by atoms with Gasteiger partial charge >= 0.3 is 0 Å². The topological polar surface area (TPSA) is 364 Å². The third-order valence-electron chi connectivity index (χ3n) is 10.8. The van der Waals surface area contributed by atoms with Crippen LogP contribution in [0.4, 0.5) is 0 Å². The van der Waals surface area contributed by atoms with Crippen molar-refractivity contribution in [1.29, 1.82) is 0 Å². The number of rotatable bonds is 12. The van der Waals surface area contributed by atoms with Gasteiger partial charge in [-0.15, -0.1) is 0 Å². The van der Waals surface area contributed by atoms with Crippen LogP contribution in [0.2, 0.25) is 0 Å². The predicted molar refractivity (Wildman–Crippen MR) is 179 cm³/mol. The summed E-state index contributed by atoms with van der Waals surface area (Å²) in [5.41, 5.74) is 0. The number of nitrogens with one attached hydrogen (secondary N) is 1. The first-order valence-corrected chi connectivity index (χ1v) is 18.6. The fraction of sp³-hybridized carbons (Fsp3) is 0.970. The van der Waals surface area contributed by atoms with Gasteiger partial charge in [0.1, 0.15) is 104 Å². The number of carbonyl (C=O) groups excluding carboxylic acids is 1. The van der Waals surface area contributed by atoms with Crippen LogP contribution >= 0.6 is 0 Å². The summed E-state index contributed by atoms with van der Waals surface area (Å²) in [5, 5.41) is 130. The largest absolute Gasteiger partial charge is 0.394 e. The monoisotopic (exact) mass is 835 g/mol. The molecule has 13 N–H and O–H groups in total. The first-order valence-electron chi connectivity index (χ1n) is 18.6. The van der Waals surface area contributed by atoms with Crippen molar-refractivity contribution >= 4 is 5.91 Å². The third kappa shape index (κ3) is 9.73. The molecule has 332 valence electrons. The Bertz CT molecular complexity index is 1290. The second-order valence-corrected chi connectivity index (χ2v) is 14.9. The van der Waals surface area contributed by atoms with Gasteiger partial charge in [0.15, 0.2) is 31.5 Å². The van der Waals surface area contributed by atoms with Gasteiger partial charge in [-0.25, -0.2) is 0 Å². The van der Waals surface area contributed by atoms with E-state index < -0.39 is 173 Å². The summed E-state index contributed by atoms with van der Waals surface area (Å²) in [5.74, 6) is -0.597. The van der Waals surface area contributed by atoms with Crippen LogP contribution in [-0.2, 0) is 52.2 Å². The molecule has 0 saturated carbocycles. The van der Waals surface area contributed by atoms with E-state index in [4.69, 9.17) is 47.4 Å². The minimum Gasteiger partial charge on any atom is -0.394 e. The molecule has 0 aromatic rings. The van der Waals surface area contributed by atoms with Crippen LogP contribution in [0.5, 0.6) is 0 Å². The van der Waals surface area contributed by atoms with Gasteiger partial charge in [0.05, 0.1) is 31.5 Å². The smallest absolute Gasteiger partial charge is 0.217 e. The highest BCUT2D eigenvalue weighted by Crippen LogP contribution is 2.37. The van der Waals surface area contributed by atoms with E-state index in [2.05, 4.69) is 5.32 Å². The number of methoxy groups -OCH3 is 1. The highest BCUT2D eigenvalue weighted by atomic mass is 16.8. The Morgan fingerprint density at radius 3 is 1.49 bits per heavy atom. The molecule has 0 spiro atoms. The van der Waals surface area contributed by atoms with E-state index in [9.17, 15) is 66.1 Å². The molecule has 5 fully saturated rings. The third-order valence-corrected chi connectivity index (χ3v) is 10.8. The van der Waals surface area contributed by atoms with Gasteiger partial charge < -0.3 is 114 Å². The van der Waals surface area contributed by atoms with Crippen molar-refractivity contribution in [3.63, 3.8) is 0 Å². The standard InChI is InChI=1S/C33H57NO23/c1-8-15(38)19(42)22(45)30(49-8)57-28-21(44)16(39)9(2)50-33(28)56-27-24(47)32(55-26-14(34-11(4)37)29(48-5)52-13(7-36)18(26)41)51-10(3)25(27)54-31-23(46)20(43)17(40)12(6-35)53-31/h8-10,12-33,35-36,38-47H,6-7H2,1-5H3,(H,34,37)/t8?,9?,10?,12?,13?,14?,15-,16-,17+,18+,19-,20-,21-,22?,23?,24?,25-,26+,27+,28?,29+,30-,31+,32-,33-/m0/s1. The fourth-order valence-electron chi connectivity index (χ4n) is 7.45. The molecule has 57 heavy (non-hydrogen) atoms. The van der Waals surface area contributed by atoms with Crippen LogP contribution in [0.25, 0.3) is 0 Å². The SMILES string of the molecule is CO[C@@H]1OC(CO)[C@@H](O)[C@H](O[C@@H]2OC(C)[C@H](O[C@H]3OC(CO)[C@@H](O)[C@H](O)C3O)[C@H](O[C@@H]3OC(C)[C@H](O)[C@H](O)C3O[C@@H]3OC(C)[C@H](O)[C@H](O)C3O)C2O)C1NC(C)=O. The lowest BCUT2D eigenvalue weighted by Crippen LogP contribution is -2.69. The van der Waals surface area contributed by atoms with Gasteiger partial charge in [0.25, 0.3) is 0 Å². The Morgan fingerprint density at radius 1 is 0.474 bits per heavy atom. The van der Waals surface area contributed by atoms with E-state index in [-0.39, 0.29) is 0 Å². The van der Waals surface area contributed by atoms with E-state index in [0.717, 1.165) is 0 Å². The quantitative estimate of drug-likeness (QED) is 0.0868. The van der Waals surface area contributed by atoms with Crippen molar-refractivity contribution in [1.82, 2.24) is 5.32 Å². The van der Waals surface area contributed by atoms with Gasteiger partial charge in [0.2, 0.25) is 5.91 Å². The Morgan fingerprint density at radius 2 is 0.912 bits per heavy atom. The van der Waals surface area contributed by atoms with Crippen LogP contribution in [0, 0.1) is 0 Å². The molecule has 24 heteroatoms. The van der Waals surface area contributed by atoms with Crippen LogP contribution < -0.4 is 5.32 Å². The normalized spacial score (nSPS) is 52.3. The number of aliphatic hydroxyl groups is 12. The van der Waals surface area contributed by atoms with Crippen LogP contribution in [0.1, 0.15) is 27.7 Å². The van der Waals surface area contributed by atoms with Crippen LogP contribution in [0.3, 0.4) is 0 Å². The van der Waals surface area contributed by atoms with Crippen LogP contribution in [0.15, 0.2) is 0 Å². The predicted octanol–water partition coefficient (Wildman–Crippen LogP) is -8.04. The van der Waals surface area contributed by atoms with Gasteiger partial charge in [-0.05, 0) is 20.8 Å². The van der Waals surface area contributed by atoms with Crippen molar-refractivity contribution in [2.45, 2.75) is 181 Å². The second-order valence-electron chi connectivity index (χ2n) is 14.9. The molecule has 5 aliphatic rings. The molecule has 25 atom stereocenters. The van der Waals surface area contributed by atoms with E-state index in [1.54, 1.807) is 0 Å². The fourth-order valence-corrected chi connectivity index (χ4v) is 7.45. The molecule has 5 saturated heterocycles. The van der Waals surface area contributed by atoms with Crippen molar-refractivity contribution < 1.29 is 113 Å². The minimum atomic E-state index is -2.02. The number of aliphatic hydroxyl groups excluding tert-OH is 12. The Kier molecular flexibility index (Phi) is 16.0. The Balaban J connectivity index is 1.49. The summed E-state index contributed by atoms with van der Waals surface area (Å²) in [7, 11) is 1.23. The molecule has 10 unspecified atom stereocenters. The molecule has 0 aliphatic carbocycles. The molecule has 0 aromatic heterocycles. The van der Waals surface area contributed by atoms with E-state index >= 15 is 0 Å². The van der Waals surface area contributed by atoms with Crippen LogP contribution in [-0.4, -0.2) is 241 Å². The van der Waals surface area contributed by atoms with Crippen molar-refractivity contribution in [2.24, 2.45) is 0 Å². The van der Waals surface area contributed by atoms with Crippen molar-refractivity contribution in [2.75, 3.05) is 20.3 Å². The molecule has 0 bridgehead atoms. The zero-order valence-electron chi connectivity index (χ0n) is 31.7. The highest BCUT2D eigenvalue weighted by Gasteiger charge is 2.57. The maximum absolute atomic E-state index is 12.2. The van der Waals surface area contributed by atoms with E-state index in [1.807, 2.05) is 0 Å².